The molecule has 0 aromatic heterocycles. The quantitative estimate of drug-likeness (QED) is 0.901. The maximum absolute atomic E-state index is 12.4. The molecule has 1 aromatic rings. The van der Waals surface area contributed by atoms with E-state index in [1.165, 1.54) is 24.0 Å². The van der Waals surface area contributed by atoms with Crippen molar-refractivity contribution in [3.05, 3.63) is 34.9 Å². The summed E-state index contributed by atoms with van der Waals surface area (Å²) in [5, 5.41) is 6.31. The third-order valence-corrected chi connectivity index (χ3v) is 5.53. The Balaban J connectivity index is 1.83. The first-order chi connectivity index (χ1) is 10.3. The summed E-state index contributed by atoms with van der Waals surface area (Å²) in [6, 6.07) is 6.30. The molecule has 1 aromatic carbocycles. The van der Waals surface area contributed by atoms with Gasteiger partial charge in [0.2, 0.25) is 0 Å². The minimum Gasteiger partial charge on any atom is -0.352 e. The normalized spacial score (nSPS) is 22.5. The number of hydrogen-bond donors (Lipinski definition) is 2. The van der Waals surface area contributed by atoms with Crippen molar-refractivity contribution in [2.75, 3.05) is 19.6 Å². The van der Waals surface area contributed by atoms with Gasteiger partial charge in [0.1, 0.15) is 0 Å². The van der Waals surface area contributed by atoms with Crippen LogP contribution in [0.2, 0.25) is 0 Å². The summed E-state index contributed by atoms with van der Waals surface area (Å²) >= 11 is 0. The smallest absolute Gasteiger partial charge is 0.251 e. The summed E-state index contributed by atoms with van der Waals surface area (Å²) in [6.07, 6.45) is 2.37. The molecule has 3 nitrogen and oxygen atoms in total. The molecule has 1 amide bonds. The van der Waals surface area contributed by atoms with Gasteiger partial charge in [-0.1, -0.05) is 33.8 Å². The molecule has 1 aliphatic carbocycles. The zero-order chi connectivity index (χ0) is 16.0. The van der Waals surface area contributed by atoms with E-state index >= 15 is 0 Å². The fraction of sp³-hybridized carbons (Fsp3) is 0.632. The molecule has 1 heterocycles. The van der Waals surface area contributed by atoms with Gasteiger partial charge in [0.05, 0.1) is 0 Å². The minimum atomic E-state index is 0.0638. The van der Waals surface area contributed by atoms with Crippen LogP contribution in [0.4, 0.5) is 0 Å². The van der Waals surface area contributed by atoms with E-state index in [1.807, 2.05) is 6.07 Å². The van der Waals surface area contributed by atoms with Crippen molar-refractivity contribution in [2.45, 2.75) is 51.4 Å². The van der Waals surface area contributed by atoms with Gasteiger partial charge in [0.15, 0.2) is 0 Å². The Morgan fingerprint density at radius 2 is 1.77 bits per heavy atom. The second-order valence-electron chi connectivity index (χ2n) is 8.26. The predicted molar refractivity (Wildman–Crippen MR) is 90.4 cm³/mol. The van der Waals surface area contributed by atoms with Gasteiger partial charge in [-0.15, -0.1) is 0 Å². The highest BCUT2D eigenvalue weighted by molar-refractivity contribution is 5.94. The van der Waals surface area contributed by atoms with E-state index in [0.29, 0.717) is 5.92 Å². The van der Waals surface area contributed by atoms with Crippen LogP contribution < -0.4 is 10.6 Å². The monoisotopic (exact) mass is 300 g/mol. The third kappa shape index (κ3) is 2.79. The van der Waals surface area contributed by atoms with Crippen LogP contribution in [-0.2, 0) is 10.8 Å². The molecule has 1 fully saturated rings. The average Bonchev–Trinajstić information content (AvgIpc) is 2.42. The van der Waals surface area contributed by atoms with Gasteiger partial charge in [-0.2, -0.15) is 0 Å². The topological polar surface area (TPSA) is 41.1 Å². The standard InChI is InChI=1S/C19H28N2O/c1-18(2)7-8-19(3,4)16-9-14(5-6-15(16)18)17(22)21-12-13-10-20-11-13/h5-6,9,13,20H,7-8,10-12H2,1-4H3,(H,21,22). The molecular formula is C19H28N2O. The number of amides is 1. The molecule has 22 heavy (non-hydrogen) atoms. The fourth-order valence-corrected chi connectivity index (χ4v) is 3.56. The molecule has 0 radical (unpaired) electrons. The van der Waals surface area contributed by atoms with E-state index in [0.717, 1.165) is 25.2 Å². The maximum Gasteiger partial charge on any atom is 0.251 e. The van der Waals surface area contributed by atoms with Crippen LogP contribution in [0.15, 0.2) is 18.2 Å². The van der Waals surface area contributed by atoms with Crippen LogP contribution in [0.3, 0.4) is 0 Å². The summed E-state index contributed by atoms with van der Waals surface area (Å²) in [4.78, 5) is 12.4. The zero-order valence-electron chi connectivity index (χ0n) is 14.3. The predicted octanol–water partition coefficient (Wildman–Crippen LogP) is 2.98. The Kier molecular flexibility index (Phi) is 3.80. The van der Waals surface area contributed by atoms with Crippen LogP contribution in [0.25, 0.3) is 0 Å². The molecule has 2 aliphatic rings. The largest absolute Gasteiger partial charge is 0.352 e. The van der Waals surface area contributed by atoms with Crippen LogP contribution >= 0.6 is 0 Å². The molecule has 1 saturated heterocycles. The van der Waals surface area contributed by atoms with Crippen LogP contribution in [0.5, 0.6) is 0 Å². The van der Waals surface area contributed by atoms with E-state index in [1.54, 1.807) is 0 Å². The van der Waals surface area contributed by atoms with Gasteiger partial charge in [-0.3, -0.25) is 4.79 Å². The Morgan fingerprint density at radius 3 is 2.36 bits per heavy atom. The van der Waals surface area contributed by atoms with E-state index in [-0.39, 0.29) is 16.7 Å². The van der Waals surface area contributed by atoms with E-state index in [2.05, 4.69) is 50.5 Å². The van der Waals surface area contributed by atoms with Crippen molar-refractivity contribution in [1.82, 2.24) is 10.6 Å². The first-order valence-corrected chi connectivity index (χ1v) is 8.43. The molecule has 2 N–H and O–H groups in total. The van der Waals surface area contributed by atoms with Crippen LogP contribution in [0.1, 0.15) is 62.0 Å². The Bertz CT molecular complexity index is 585. The molecule has 3 rings (SSSR count). The van der Waals surface area contributed by atoms with E-state index < -0.39 is 0 Å². The highest BCUT2D eigenvalue weighted by atomic mass is 16.1. The molecule has 0 saturated carbocycles. The summed E-state index contributed by atoms with van der Waals surface area (Å²) in [5.41, 5.74) is 3.92. The SMILES string of the molecule is CC1(C)CCC(C)(C)c2cc(C(=O)NCC3CNC3)ccc21. The van der Waals surface area contributed by atoms with Crippen molar-refractivity contribution in [1.29, 1.82) is 0 Å². The number of nitrogens with one attached hydrogen (secondary N) is 2. The number of rotatable bonds is 3. The molecule has 0 bridgehead atoms. The van der Waals surface area contributed by atoms with Crippen LogP contribution in [-0.4, -0.2) is 25.5 Å². The average molecular weight is 300 g/mol. The van der Waals surface area contributed by atoms with Gasteiger partial charge >= 0.3 is 0 Å². The lowest BCUT2D eigenvalue weighted by atomic mass is 9.63. The van der Waals surface area contributed by atoms with Crippen LogP contribution in [0, 0.1) is 5.92 Å². The fourth-order valence-electron chi connectivity index (χ4n) is 3.56. The van der Waals surface area contributed by atoms with Crippen molar-refractivity contribution in [2.24, 2.45) is 5.92 Å². The molecule has 1 aliphatic heterocycles. The second-order valence-corrected chi connectivity index (χ2v) is 8.26. The highest BCUT2D eigenvalue weighted by Gasteiger charge is 2.37. The third-order valence-electron chi connectivity index (χ3n) is 5.53. The maximum atomic E-state index is 12.4. The lowest BCUT2D eigenvalue weighted by molar-refractivity contribution is 0.0942. The Hall–Kier alpha value is -1.35. The van der Waals surface area contributed by atoms with E-state index in [9.17, 15) is 4.79 Å². The molecule has 3 heteroatoms. The minimum absolute atomic E-state index is 0.0638. The summed E-state index contributed by atoms with van der Waals surface area (Å²) in [7, 11) is 0. The number of carbonyl (C=O) groups is 1. The molecule has 0 unspecified atom stereocenters. The number of fused-ring (bicyclic) bond motifs is 1. The van der Waals surface area contributed by atoms with Gasteiger partial charge in [-0.05, 0) is 46.9 Å². The van der Waals surface area contributed by atoms with Gasteiger partial charge in [0.25, 0.3) is 5.91 Å². The van der Waals surface area contributed by atoms with Crippen molar-refractivity contribution in [3.8, 4) is 0 Å². The molecule has 120 valence electrons. The lowest BCUT2D eigenvalue weighted by Crippen LogP contribution is -2.48. The second kappa shape index (κ2) is 5.38. The Morgan fingerprint density at radius 1 is 1.14 bits per heavy atom. The first-order valence-electron chi connectivity index (χ1n) is 8.43. The van der Waals surface area contributed by atoms with E-state index in [4.69, 9.17) is 0 Å². The molecule has 0 atom stereocenters. The highest BCUT2D eigenvalue weighted by Crippen LogP contribution is 2.45. The summed E-state index contributed by atoms with van der Waals surface area (Å²) < 4.78 is 0. The Labute approximate surface area is 133 Å². The first kappa shape index (κ1) is 15.5. The number of carbonyl (C=O) groups excluding carboxylic acids is 1. The van der Waals surface area contributed by atoms with Gasteiger partial charge in [0, 0.05) is 31.1 Å². The van der Waals surface area contributed by atoms with Crippen molar-refractivity contribution in [3.63, 3.8) is 0 Å². The zero-order valence-corrected chi connectivity index (χ0v) is 14.3. The summed E-state index contributed by atoms with van der Waals surface area (Å²) in [5.74, 6) is 0.658. The van der Waals surface area contributed by atoms with Gasteiger partial charge in [-0.25, -0.2) is 0 Å². The number of benzene rings is 1. The van der Waals surface area contributed by atoms with Gasteiger partial charge < -0.3 is 10.6 Å². The van der Waals surface area contributed by atoms with Crippen molar-refractivity contribution < 1.29 is 4.79 Å². The lowest BCUT2D eigenvalue weighted by Gasteiger charge is -2.42. The molecular weight excluding hydrogens is 272 g/mol. The molecule has 0 spiro atoms. The van der Waals surface area contributed by atoms with Crippen molar-refractivity contribution >= 4 is 5.91 Å². The number of hydrogen-bond acceptors (Lipinski definition) is 2. The summed E-state index contributed by atoms with van der Waals surface area (Å²) in [6.45, 7) is 12.0.